The highest BCUT2D eigenvalue weighted by Crippen LogP contribution is 2.11. The van der Waals surface area contributed by atoms with E-state index < -0.39 is 5.97 Å². The third kappa shape index (κ3) is 5.43. The largest absolute Gasteiger partial charge is 0.481 e. The minimum atomic E-state index is -0.819. The van der Waals surface area contributed by atoms with Crippen molar-refractivity contribution in [3.63, 3.8) is 0 Å². The van der Waals surface area contributed by atoms with E-state index in [0.717, 1.165) is 12.0 Å². The second-order valence-corrected chi connectivity index (χ2v) is 5.27. The maximum Gasteiger partial charge on any atom is 0.303 e. The van der Waals surface area contributed by atoms with Gasteiger partial charge in [0.1, 0.15) is 0 Å². The Morgan fingerprint density at radius 2 is 1.95 bits per heavy atom. The van der Waals surface area contributed by atoms with Crippen LogP contribution in [0, 0.1) is 19.8 Å². The number of benzene rings is 1. The molecule has 0 fully saturated rings. The molecule has 0 heterocycles. The van der Waals surface area contributed by atoms with Crippen LogP contribution in [0.25, 0.3) is 0 Å². The smallest absolute Gasteiger partial charge is 0.303 e. The first-order valence-corrected chi connectivity index (χ1v) is 6.97. The molecular formula is C16H23NO3. The topological polar surface area (TPSA) is 66.4 Å². The Morgan fingerprint density at radius 3 is 2.50 bits per heavy atom. The van der Waals surface area contributed by atoms with Crippen LogP contribution in [0.3, 0.4) is 0 Å². The van der Waals surface area contributed by atoms with Crippen molar-refractivity contribution in [1.82, 2.24) is 5.32 Å². The van der Waals surface area contributed by atoms with Gasteiger partial charge in [0.05, 0.1) is 6.42 Å². The zero-order valence-electron chi connectivity index (χ0n) is 12.4. The van der Waals surface area contributed by atoms with Crippen molar-refractivity contribution >= 4 is 11.9 Å². The number of carboxylic acids is 1. The first-order valence-electron chi connectivity index (χ1n) is 6.97. The Kier molecular flexibility index (Phi) is 6.22. The third-order valence-electron chi connectivity index (χ3n) is 3.56. The lowest BCUT2D eigenvalue weighted by atomic mass is 10.0. The quantitative estimate of drug-likeness (QED) is 0.804. The standard InChI is InChI=1S/C16H23NO3/c1-4-13(9-16(19)20)10-17-15(18)8-14-6-5-11(2)12(3)7-14/h5-7,13H,4,8-10H2,1-3H3,(H,17,18)(H,19,20). The van der Waals surface area contributed by atoms with E-state index in [9.17, 15) is 9.59 Å². The van der Waals surface area contributed by atoms with E-state index in [0.29, 0.717) is 13.0 Å². The first kappa shape index (κ1) is 16.2. The fraction of sp³-hybridized carbons (Fsp3) is 0.500. The van der Waals surface area contributed by atoms with Crippen molar-refractivity contribution in [3.8, 4) is 0 Å². The monoisotopic (exact) mass is 277 g/mol. The number of carbonyl (C=O) groups is 2. The molecular weight excluding hydrogens is 254 g/mol. The van der Waals surface area contributed by atoms with Gasteiger partial charge in [-0.25, -0.2) is 0 Å². The molecule has 2 N–H and O–H groups in total. The van der Waals surface area contributed by atoms with E-state index in [1.54, 1.807) is 0 Å². The van der Waals surface area contributed by atoms with Gasteiger partial charge in [-0.2, -0.15) is 0 Å². The SMILES string of the molecule is CCC(CNC(=O)Cc1ccc(C)c(C)c1)CC(=O)O. The zero-order chi connectivity index (χ0) is 15.1. The Labute approximate surface area is 120 Å². The number of amides is 1. The van der Waals surface area contributed by atoms with Gasteiger partial charge in [-0.1, -0.05) is 31.5 Å². The lowest BCUT2D eigenvalue weighted by Gasteiger charge is -2.13. The predicted octanol–water partition coefficient (Wildman–Crippen LogP) is 2.46. The van der Waals surface area contributed by atoms with Crippen LogP contribution in [0.4, 0.5) is 0 Å². The van der Waals surface area contributed by atoms with Gasteiger partial charge in [-0.15, -0.1) is 0 Å². The number of hydrogen-bond donors (Lipinski definition) is 2. The molecule has 20 heavy (non-hydrogen) atoms. The number of aryl methyl sites for hydroxylation is 2. The molecule has 0 bridgehead atoms. The van der Waals surface area contributed by atoms with E-state index in [-0.39, 0.29) is 18.2 Å². The maximum atomic E-state index is 11.9. The Hall–Kier alpha value is -1.84. The average molecular weight is 277 g/mol. The molecule has 0 saturated heterocycles. The van der Waals surface area contributed by atoms with Crippen molar-refractivity contribution in [2.24, 2.45) is 5.92 Å². The molecule has 110 valence electrons. The molecule has 0 saturated carbocycles. The summed E-state index contributed by atoms with van der Waals surface area (Å²) in [6, 6.07) is 5.98. The number of nitrogens with one attached hydrogen (secondary N) is 1. The summed E-state index contributed by atoms with van der Waals surface area (Å²) in [6.45, 7) is 6.42. The fourth-order valence-corrected chi connectivity index (χ4v) is 2.03. The van der Waals surface area contributed by atoms with E-state index in [1.165, 1.54) is 11.1 Å². The molecule has 0 aromatic heterocycles. The van der Waals surface area contributed by atoms with Gasteiger partial charge in [0.25, 0.3) is 0 Å². The minimum Gasteiger partial charge on any atom is -0.481 e. The van der Waals surface area contributed by atoms with E-state index in [4.69, 9.17) is 5.11 Å². The number of carbonyl (C=O) groups excluding carboxylic acids is 1. The summed E-state index contributed by atoms with van der Waals surface area (Å²) in [5, 5.41) is 11.6. The molecule has 0 aliphatic carbocycles. The van der Waals surface area contributed by atoms with Gasteiger partial charge in [0, 0.05) is 13.0 Å². The highest BCUT2D eigenvalue weighted by molar-refractivity contribution is 5.78. The van der Waals surface area contributed by atoms with Gasteiger partial charge in [0.15, 0.2) is 0 Å². The number of hydrogen-bond acceptors (Lipinski definition) is 2. The molecule has 1 unspecified atom stereocenters. The van der Waals surface area contributed by atoms with Crippen LogP contribution in [-0.2, 0) is 16.0 Å². The Morgan fingerprint density at radius 1 is 1.25 bits per heavy atom. The summed E-state index contributed by atoms with van der Waals surface area (Å²) in [4.78, 5) is 22.5. The number of aliphatic carboxylic acids is 1. The highest BCUT2D eigenvalue weighted by atomic mass is 16.4. The van der Waals surface area contributed by atoms with Crippen LogP contribution in [0.1, 0.15) is 36.5 Å². The van der Waals surface area contributed by atoms with Crippen LogP contribution < -0.4 is 5.32 Å². The molecule has 0 aliphatic rings. The lowest BCUT2D eigenvalue weighted by molar-refractivity contribution is -0.138. The van der Waals surface area contributed by atoms with Crippen LogP contribution in [0.2, 0.25) is 0 Å². The fourth-order valence-electron chi connectivity index (χ4n) is 2.03. The van der Waals surface area contributed by atoms with Gasteiger partial charge in [-0.3, -0.25) is 9.59 Å². The van der Waals surface area contributed by atoms with Crippen LogP contribution in [0.5, 0.6) is 0 Å². The molecule has 1 atom stereocenters. The summed E-state index contributed by atoms with van der Waals surface area (Å²) in [5.74, 6) is -0.881. The molecule has 1 aromatic carbocycles. The van der Waals surface area contributed by atoms with Gasteiger partial charge in [-0.05, 0) is 36.5 Å². The molecule has 0 radical (unpaired) electrons. The normalized spacial score (nSPS) is 11.9. The third-order valence-corrected chi connectivity index (χ3v) is 3.56. The van der Waals surface area contributed by atoms with Crippen molar-refractivity contribution in [1.29, 1.82) is 0 Å². The van der Waals surface area contributed by atoms with E-state index in [2.05, 4.69) is 5.32 Å². The summed E-state index contributed by atoms with van der Waals surface area (Å²) >= 11 is 0. The van der Waals surface area contributed by atoms with Crippen LogP contribution >= 0.6 is 0 Å². The number of carboxylic acid groups (broad SMARTS) is 1. The van der Waals surface area contributed by atoms with E-state index >= 15 is 0 Å². The summed E-state index contributed by atoms with van der Waals surface area (Å²) in [7, 11) is 0. The molecule has 1 rings (SSSR count). The maximum absolute atomic E-state index is 11.9. The van der Waals surface area contributed by atoms with E-state index in [1.807, 2.05) is 39.0 Å². The molecule has 4 heteroatoms. The second kappa shape index (κ2) is 7.68. The molecule has 4 nitrogen and oxygen atoms in total. The Balaban J connectivity index is 2.46. The van der Waals surface area contributed by atoms with Crippen molar-refractivity contribution in [2.75, 3.05) is 6.54 Å². The molecule has 0 spiro atoms. The zero-order valence-corrected chi connectivity index (χ0v) is 12.4. The summed E-state index contributed by atoms with van der Waals surface area (Å²) in [5.41, 5.74) is 3.37. The average Bonchev–Trinajstić information content (AvgIpc) is 2.38. The van der Waals surface area contributed by atoms with Gasteiger partial charge in [0.2, 0.25) is 5.91 Å². The highest BCUT2D eigenvalue weighted by Gasteiger charge is 2.12. The second-order valence-electron chi connectivity index (χ2n) is 5.27. The summed E-state index contributed by atoms with van der Waals surface area (Å²) < 4.78 is 0. The first-order chi connectivity index (χ1) is 9.42. The number of rotatable bonds is 7. The predicted molar refractivity (Wildman–Crippen MR) is 78.7 cm³/mol. The molecule has 1 aromatic rings. The summed E-state index contributed by atoms with van der Waals surface area (Å²) in [6.07, 6.45) is 1.18. The minimum absolute atomic E-state index is 0.00351. The van der Waals surface area contributed by atoms with Crippen LogP contribution in [0.15, 0.2) is 18.2 Å². The lowest BCUT2D eigenvalue weighted by Crippen LogP contribution is -2.31. The van der Waals surface area contributed by atoms with Crippen molar-refractivity contribution in [2.45, 2.75) is 40.0 Å². The van der Waals surface area contributed by atoms with Crippen molar-refractivity contribution in [3.05, 3.63) is 34.9 Å². The van der Waals surface area contributed by atoms with Crippen molar-refractivity contribution < 1.29 is 14.7 Å². The Bertz CT molecular complexity index is 483. The van der Waals surface area contributed by atoms with Gasteiger partial charge < -0.3 is 10.4 Å². The molecule has 1 amide bonds. The molecule has 0 aliphatic heterocycles. The van der Waals surface area contributed by atoms with Crippen LogP contribution in [-0.4, -0.2) is 23.5 Å². The van der Waals surface area contributed by atoms with Gasteiger partial charge >= 0.3 is 5.97 Å².